The van der Waals surface area contributed by atoms with Gasteiger partial charge < -0.3 is 14.2 Å². The SMILES string of the molecule is CNc1ccc2cc(-c3cccc4c(-c5cccc6ccccc56)cc(=O)oc34)c(=O)oc2c1. The molecule has 0 atom stereocenters. The van der Waals surface area contributed by atoms with Crippen LogP contribution >= 0.6 is 0 Å². The molecular formula is C29H19NO4. The summed E-state index contributed by atoms with van der Waals surface area (Å²) in [4.78, 5) is 25.7. The maximum atomic E-state index is 13.0. The van der Waals surface area contributed by atoms with Gasteiger partial charge in [0.05, 0.1) is 5.56 Å². The predicted octanol–water partition coefficient (Wildman–Crippen LogP) is 6.43. The van der Waals surface area contributed by atoms with Crippen molar-refractivity contribution in [3.05, 3.63) is 112 Å². The number of anilines is 1. The van der Waals surface area contributed by atoms with E-state index in [1.54, 1.807) is 25.2 Å². The molecule has 0 aliphatic carbocycles. The highest BCUT2D eigenvalue weighted by molar-refractivity contribution is 6.07. The van der Waals surface area contributed by atoms with Gasteiger partial charge in [-0.15, -0.1) is 0 Å². The number of rotatable bonds is 3. The molecule has 4 aromatic carbocycles. The Bertz CT molecular complexity index is 1840. The average molecular weight is 445 g/mol. The molecule has 0 bridgehead atoms. The molecule has 164 valence electrons. The highest BCUT2D eigenvalue weighted by Gasteiger charge is 2.17. The van der Waals surface area contributed by atoms with E-state index in [1.165, 1.54) is 6.07 Å². The molecule has 0 aliphatic heterocycles. The lowest BCUT2D eigenvalue weighted by Crippen LogP contribution is -2.05. The Labute approximate surface area is 193 Å². The Morgan fingerprint density at radius 3 is 2.26 bits per heavy atom. The van der Waals surface area contributed by atoms with Crippen LogP contribution in [0, 0.1) is 0 Å². The molecule has 6 aromatic rings. The van der Waals surface area contributed by atoms with Crippen LogP contribution in [0.5, 0.6) is 0 Å². The summed E-state index contributed by atoms with van der Waals surface area (Å²) in [5.41, 5.74) is 3.26. The molecular weight excluding hydrogens is 426 g/mol. The standard InChI is InChI=1S/C29H19NO4/c1-30-19-13-12-18-14-25(29(32)33-26(18)15-19)23-11-5-10-22-24(16-27(31)34-28(22)23)21-9-4-7-17-6-2-3-8-20(17)21/h2-16,30H,1H3. The van der Waals surface area contributed by atoms with Crippen LogP contribution in [-0.4, -0.2) is 7.05 Å². The second-order valence-corrected chi connectivity index (χ2v) is 8.14. The van der Waals surface area contributed by atoms with Gasteiger partial charge in [0.15, 0.2) is 0 Å². The quantitative estimate of drug-likeness (QED) is 0.318. The molecule has 0 saturated heterocycles. The first-order valence-corrected chi connectivity index (χ1v) is 10.9. The lowest BCUT2D eigenvalue weighted by Gasteiger charge is -2.11. The fraction of sp³-hybridized carbons (Fsp3) is 0.0345. The highest BCUT2D eigenvalue weighted by atomic mass is 16.4. The Morgan fingerprint density at radius 2 is 1.38 bits per heavy atom. The minimum absolute atomic E-state index is 0.341. The van der Waals surface area contributed by atoms with Gasteiger partial charge in [0, 0.05) is 46.8 Å². The second kappa shape index (κ2) is 7.74. The van der Waals surface area contributed by atoms with Crippen LogP contribution < -0.4 is 16.6 Å². The third-order valence-corrected chi connectivity index (χ3v) is 6.16. The number of hydrogen-bond acceptors (Lipinski definition) is 5. The zero-order valence-electron chi connectivity index (χ0n) is 18.3. The van der Waals surface area contributed by atoms with E-state index in [-0.39, 0.29) is 0 Å². The highest BCUT2D eigenvalue weighted by Crippen LogP contribution is 2.36. The monoisotopic (exact) mass is 445 g/mol. The summed E-state index contributed by atoms with van der Waals surface area (Å²) in [6.45, 7) is 0. The van der Waals surface area contributed by atoms with Crippen molar-refractivity contribution in [1.29, 1.82) is 0 Å². The molecule has 0 spiro atoms. The molecule has 0 aliphatic rings. The second-order valence-electron chi connectivity index (χ2n) is 8.14. The van der Waals surface area contributed by atoms with E-state index in [4.69, 9.17) is 8.83 Å². The van der Waals surface area contributed by atoms with Gasteiger partial charge >= 0.3 is 11.3 Å². The van der Waals surface area contributed by atoms with E-state index in [2.05, 4.69) is 5.32 Å². The van der Waals surface area contributed by atoms with E-state index in [0.717, 1.165) is 38.4 Å². The molecule has 0 radical (unpaired) electrons. The molecule has 6 rings (SSSR count). The van der Waals surface area contributed by atoms with Gasteiger partial charge in [-0.1, -0.05) is 60.7 Å². The van der Waals surface area contributed by atoms with Gasteiger partial charge in [-0.3, -0.25) is 0 Å². The molecule has 1 N–H and O–H groups in total. The fourth-order valence-corrected chi connectivity index (χ4v) is 4.53. The van der Waals surface area contributed by atoms with Crippen molar-refractivity contribution in [2.45, 2.75) is 0 Å². The molecule has 5 heteroatoms. The van der Waals surface area contributed by atoms with Crippen molar-refractivity contribution in [2.24, 2.45) is 0 Å². The van der Waals surface area contributed by atoms with Gasteiger partial charge in [0.25, 0.3) is 0 Å². The minimum Gasteiger partial charge on any atom is -0.422 e. The Morgan fingerprint density at radius 1 is 0.618 bits per heavy atom. The van der Waals surface area contributed by atoms with Crippen molar-refractivity contribution >= 4 is 38.4 Å². The minimum atomic E-state index is -0.494. The molecule has 34 heavy (non-hydrogen) atoms. The summed E-state index contributed by atoms with van der Waals surface area (Å²) < 4.78 is 11.3. The first-order chi connectivity index (χ1) is 16.6. The zero-order chi connectivity index (χ0) is 23.2. The van der Waals surface area contributed by atoms with Gasteiger partial charge in [-0.05, 0) is 34.5 Å². The predicted molar refractivity (Wildman–Crippen MR) is 136 cm³/mol. The molecule has 2 aromatic heterocycles. The van der Waals surface area contributed by atoms with Crippen LogP contribution in [0.2, 0.25) is 0 Å². The van der Waals surface area contributed by atoms with E-state index in [9.17, 15) is 9.59 Å². The molecule has 0 fully saturated rings. The largest absolute Gasteiger partial charge is 0.422 e. The van der Waals surface area contributed by atoms with Crippen molar-refractivity contribution in [2.75, 3.05) is 12.4 Å². The van der Waals surface area contributed by atoms with Gasteiger partial charge in [0.1, 0.15) is 11.2 Å². The Balaban J connectivity index is 1.65. The number of para-hydroxylation sites is 1. The summed E-state index contributed by atoms with van der Waals surface area (Å²) >= 11 is 0. The van der Waals surface area contributed by atoms with Crippen molar-refractivity contribution in [1.82, 2.24) is 0 Å². The van der Waals surface area contributed by atoms with E-state index in [0.29, 0.717) is 22.3 Å². The van der Waals surface area contributed by atoms with Crippen molar-refractivity contribution < 1.29 is 8.83 Å². The summed E-state index contributed by atoms with van der Waals surface area (Å²) in [6, 6.07) is 28.4. The lowest BCUT2D eigenvalue weighted by molar-refractivity contribution is 0.556. The Hall–Kier alpha value is -4.64. The van der Waals surface area contributed by atoms with E-state index in [1.807, 2.05) is 66.7 Å². The van der Waals surface area contributed by atoms with Crippen molar-refractivity contribution in [3.8, 4) is 22.3 Å². The number of fused-ring (bicyclic) bond motifs is 3. The molecule has 0 saturated carbocycles. The maximum absolute atomic E-state index is 13.0. The normalized spacial score (nSPS) is 11.3. The molecule has 0 amide bonds. The number of benzene rings is 4. The molecule has 0 unspecified atom stereocenters. The first-order valence-electron chi connectivity index (χ1n) is 10.9. The fourth-order valence-electron chi connectivity index (χ4n) is 4.53. The Kier molecular flexibility index (Phi) is 4.56. The van der Waals surface area contributed by atoms with Crippen molar-refractivity contribution in [3.63, 3.8) is 0 Å². The summed E-state index contributed by atoms with van der Waals surface area (Å²) in [7, 11) is 1.80. The van der Waals surface area contributed by atoms with Crippen LogP contribution in [-0.2, 0) is 0 Å². The third kappa shape index (κ3) is 3.18. The van der Waals surface area contributed by atoms with Crippen LogP contribution in [0.3, 0.4) is 0 Å². The first kappa shape index (κ1) is 20.0. The van der Waals surface area contributed by atoms with Gasteiger partial charge in [-0.25, -0.2) is 9.59 Å². The van der Waals surface area contributed by atoms with Crippen LogP contribution in [0.4, 0.5) is 5.69 Å². The summed E-state index contributed by atoms with van der Waals surface area (Å²) in [5, 5.41) is 6.68. The number of hydrogen-bond donors (Lipinski definition) is 1. The zero-order valence-corrected chi connectivity index (χ0v) is 18.3. The van der Waals surface area contributed by atoms with E-state index < -0.39 is 11.3 Å². The topological polar surface area (TPSA) is 72.5 Å². The summed E-state index contributed by atoms with van der Waals surface area (Å²) in [5.74, 6) is 0. The summed E-state index contributed by atoms with van der Waals surface area (Å²) in [6.07, 6.45) is 0. The van der Waals surface area contributed by atoms with Gasteiger partial charge in [0.2, 0.25) is 0 Å². The third-order valence-electron chi connectivity index (χ3n) is 6.16. The number of nitrogens with one attached hydrogen (secondary N) is 1. The molecule has 2 heterocycles. The molecule has 5 nitrogen and oxygen atoms in total. The van der Waals surface area contributed by atoms with E-state index >= 15 is 0 Å². The smallest absolute Gasteiger partial charge is 0.344 e. The van der Waals surface area contributed by atoms with Crippen LogP contribution in [0.1, 0.15) is 0 Å². The van der Waals surface area contributed by atoms with Gasteiger partial charge in [-0.2, -0.15) is 0 Å². The lowest BCUT2D eigenvalue weighted by atomic mass is 9.94. The average Bonchev–Trinajstić information content (AvgIpc) is 2.87. The maximum Gasteiger partial charge on any atom is 0.344 e. The van der Waals surface area contributed by atoms with Crippen LogP contribution in [0.25, 0.3) is 55.0 Å². The van der Waals surface area contributed by atoms with Crippen LogP contribution in [0.15, 0.2) is 109 Å².